The molecule has 0 atom stereocenters. The summed E-state index contributed by atoms with van der Waals surface area (Å²) in [5.41, 5.74) is 2.29. The van der Waals surface area contributed by atoms with Crippen LogP contribution in [0, 0.1) is 5.82 Å². The highest BCUT2D eigenvalue weighted by Crippen LogP contribution is 2.23. The van der Waals surface area contributed by atoms with Crippen LogP contribution in [-0.4, -0.2) is 16.7 Å². The molecule has 0 aliphatic carbocycles. The van der Waals surface area contributed by atoms with Crippen LogP contribution in [0.25, 0.3) is 10.9 Å². The lowest BCUT2D eigenvalue weighted by Crippen LogP contribution is -2.36. The summed E-state index contributed by atoms with van der Waals surface area (Å²) < 4.78 is 13.6. The van der Waals surface area contributed by atoms with E-state index in [1.807, 2.05) is 48.5 Å². The number of amides is 1. The molecule has 0 spiro atoms. The molecule has 1 N–H and O–H groups in total. The van der Waals surface area contributed by atoms with Gasteiger partial charge in [-0.2, -0.15) is 0 Å². The molecule has 0 radical (unpaired) electrons. The van der Waals surface area contributed by atoms with Crippen molar-refractivity contribution in [2.24, 2.45) is 0 Å². The largest absolute Gasteiger partial charge is 0.360 e. The number of ketones is 1. The minimum Gasteiger partial charge on any atom is -0.360 e. The molecule has 138 valence electrons. The fraction of sp³-hybridized carbons (Fsp3) is 0.0435. The number of H-pyrrole nitrogens is 1. The summed E-state index contributed by atoms with van der Waals surface area (Å²) in [5, 5.41) is 0.395. The zero-order chi connectivity index (χ0) is 19.5. The highest BCUT2D eigenvalue weighted by Gasteiger charge is 2.27. The highest BCUT2D eigenvalue weighted by molar-refractivity contribution is 6.48. The maximum Gasteiger partial charge on any atom is 0.299 e. The molecule has 4 rings (SSSR count). The van der Waals surface area contributed by atoms with E-state index in [0.717, 1.165) is 5.56 Å². The number of carbonyl (C=O) groups is 2. The average molecular weight is 372 g/mol. The molecule has 0 aliphatic heterocycles. The summed E-state index contributed by atoms with van der Waals surface area (Å²) in [6.07, 6.45) is 1.45. The first-order chi connectivity index (χ1) is 13.6. The van der Waals surface area contributed by atoms with Gasteiger partial charge >= 0.3 is 0 Å². The van der Waals surface area contributed by atoms with Crippen molar-refractivity contribution in [1.29, 1.82) is 0 Å². The minimum absolute atomic E-state index is 0.161. The van der Waals surface area contributed by atoms with Crippen molar-refractivity contribution in [3.63, 3.8) is 0 Å². The monoisotopic (exact) mass is 372 g/mol. The fourth-order valence-corrected chi connectivity index (χ4v) is 3.17. The van der Waals surface area contributed by atoms with Gasteiger partial charge in [0.15, 0.2) is 0 Å². The quantitative estimate of drug-likeness (QED) is 0.407. The number of para-hydroxylation sites is 1. The Morgan fingerprint density at radius 1 is 0.893 bits per heavy atom. The van der Waals surface area contributed by atoms with Crippen LogP contribution >= 0.6 is 0 Å². The fourth-order valence-electron chi connectivity index (χ4n) is 3.17. The van der Waals surface area contributed by atoms with Crippen LogP contribution in [0.1, 0.15) is 15.9 Å². The van der Waals surface area contributed by atoms with Gasteiger partial charge in [-0.1, -0.05) is 48.5 Å². The standard InChI is InChI=1S/C23H17FN2O2/c24-17-11-12-21-19(13-17)20(14-25-21)22(27)23(28)26(18-9-5-2-6-10-18)15-16-7-3-1-4-8-16/h1-14,25H,15H2. The van der Waals surface area contributed by atoms with Gasteiger partial charge < -0.3 is 9.88 Å². The topological polar surface area (TPSA) is 53.2 Å². The van der Waals surface area contributed by atoms with Gasteiger partial charge in [0.1, 0.15) is 5.82 Å². The number of aromatic nitrogens is 1. The van der Waals surface area contributed by atoms with Crippen LogP contribution in [-0.2, 0) is 11.3 Å². The van der Waals surface area contributed by atoms with Crippen LogP contribution in [0.4, 0.5) is 10.1 Å². The third-order valence-electron chi connectivity index (χ3n) is 4.58. The number of anilines is 1. The lowest BCUT2D eigenvalue weighted by atomic mass is 10.1. The molecule has 3 aromatic carbocycles. The van der Waals surface area contributed by atoms with E-state index in [1.165, 1.54) is 23.2 Å². The summed E-state index contributed by atoms with van der Waals surface area (Å²) in [4.78, 5) is 30.5. The number of rotatable bonds is 5. The molecular formula is C23H17FN2O2. The number of hydrogen-bond acceptors (Lipinski definition) is 2. The second-order valence-corrected chi connectivity index (χ2v) is 6.43. The van der Waals surface area contributed by atoms with Crippen molar-refractivity contribution in [1.82, 2.24) is 4.98 Å². The Hall–Kier alpha value is -3.73. The number of hydrogen-bond donors (Lipinski definition) is 1. The Labute approximate surface area is 161 Å². The van der Waals surface area contributed by atoms with Gasteiger partial charge in [-0.3, -0.25) is 9.59 Å². The lowest BCUT2D eigenvalue weighted by Gasteiger charge is -2.22. The van der Waals surface area contributed by atoms with Gasteiger partial charge in [-0.05, 0) is 35.9 Å². The summed E-state index contributed by atoms with van der Waals surface area (Å²) >= 11 is 0. The molecule has 5 heteroatoms. The average Bonchev–Trinajstić information content (AvgIpc) is 3.15. The first kappa shape index (κ1) is 17.7. The van der Waals surface area contributed by atoms with E-state index < -0.39 is 17.5 Å². The van der Waals surface area contributed by atoms with Crippen LogP contribution < -0.4 is 4.90 Å². The maximum absolute atomic E-state index is 13.6. The number of aromatic amines is 1. The van der Waals surface area contributed by atoms with Crippen molar-refractivity contribution in [2.45, 2.75) is 6.54 Å². The van der Waals surface area contributed by atoms with Gasteiger partial charge in [-0.15, -0.1) is 0 Å². The number of halogens is 1. The van der Waals surface area contributed by atoms with Crippen molar-refractivity contribution < 1.29 is 14.0 Å². The SMILES string of the molecule is O=C(C(=O)N(Cc1ccccc1)c1ccccc1)c1c[nH]c2ccc(F)cc12. The van der Waals surface area contributed by atoms with Gasteiger partial charge in [0.05, 0.1) is 12.1 Å². The van der Waals surface area contributed by atoms with Crippen molar-refractivity contribution >= 4 is 28.3 Å². The van der Waals surface area contributed by atoms with Crippen LogP contribution in [0.3, 0.4) is 0 Å². The third kappa shape index (κ3) is 3.42. The highest BCUT2D eigenvalue weighted by atomic mass is 19.1. The molecule has 4 nitrogen and oxygen atoms in total. The van der Waals surface area contributed by atoms with Crippen molar-refractivity contribution in [3.8, 4) is 0 Å². The predicted octanol–water partition coefficient (Wildman–Crippen LogP) is 4.72. The van der Waals surface area contributed by atoms with Crippen LogP contribution in [0.5, 0.6) is 0 Å². The van der Waals surface area contributed by atoms with E-state index in [2.05, 4.69) is 4.98 Å². The molecule has 0 bridgehead atoms. The molecule has 1 amide bonds. The molecule has 0 unspecified atom stereocenters. The molecule has 0 aliphatic rings. The van der Waals surface area contributed by atoms with Crippen LogP contribution in [0.15, 0.2) is 85.1 Å². The van der Waals surface area contributed by atoms with Crippen molar-refractivity contribution in [2.75, 3.05) is 4.90 Å². The molecule has 1 aromatic heterocycles. The second kappa shape index (κ2) is 7.48. The zero-order valence-electron chi connectivity index (χ0n) is 14.9. The summed E-state index contributed by atoms with van der Waals surface area (Å²) in [6, 6.07) is 22.6. The number of benzene rings is 3. The second-order valence-electron chi connectivity index (χ2n) is 6.43. The molecule has 1 heterocycles. The van der Waals surface area contributed by atoms with Crippen LogP contribution in [0.2, 0.25) is 0 Å². The number of nitrogens with zero attached hydrogens (tertiary/aromatic N) is 1. The Balaban J connectivity index is 1.72. The summed E-state index contributed by atoms with van der Waals surface area (Å²) in [5.74, 6) is -1.81. The zero-order valence-corrected chi connectivity index (χ0v) is 14.9. The van der Waals surface area contributed by atoms with E-state index >= 15 is 0 Å². The number of fused-ring (bicyclic) bond motifs is 1. The van der Waals surface area contributed by atoms with Gasteiger partial charge in [0.2, 0.25) is 0 Å². The lowest BCUT2D eigenvalue weighted by molar-refractivity contribution is -0.114. The minimum atomic E-state index is -0.684. The first-order valence-electron chi connectivity index (χ1n) is 8.85. The van der Waals surface area contributed by atoms with Gasteiger partial charge in [0, 0.05) is 22.8 Å². The first-order valence-corrected chi connectivity index (χ1v) is 8.85. The Morgan fingerprint density at radius 2 is 1.57 bits per heavy atom. The number of nitrogens with one attached hydrogen (secondary N) is 1. The van der Waals surface area contributed by atoms with Gasteiger partial charge in [-0.25, -0.2) is 4.39 Å². The van der Waals surface area contributed by atoms with E-state index in [0.29, 0.717) is 16.6 Å². The normalized spacial score (nSPS) is 10.8. The third-order valence-corrected chi connectivity index (χ3v) is 4.58. The number of carbonyl (C=O) groups excluding carboxylic acids is 2. The molecule has 4 aromatic rings. The van der Waals surface area contributed by atoms with E-state index in [9.17, 15) is 14.0 Å². The number of Topliss-reactive ketones (excluding diaryl/α,β-unsaturated/α-hetero) is 1. The van der Waals surface area contributed by atoms with E-state index in [-0.39, 0.29) is 12.1 Å². The van der Waals surface area contributed by atoms with E-state index in [4.69, 9.17) is 0 Å². The Kier molecular flexibility index (Phi) is 4.72. The molecular weight excluding hydrogens is 355 g/mol. The summed E-state index contributed by atoms with van der Waals surface area (Å²) in [7, 11) is 0. The maximum atomic E-state index is 13.6. The van der Waals surface area contributed by atoms with Crippen molar-refractivity contribution in [3.05, 3.63) is 102 Å². The summed E-state index contributed by atoms with van der Waals surface area (Å²) in [6.45, 7) is 0.256. The van der Waals surface area contributed by atoms with Gasteiger partial charge in [0.25, 0.3) is 11.7 Å². The van der Waals surface area contributed by atoms with E-state index in [1.54, 1.807) is 18.2 Å². The molecule has 28 heavy (non-hydrogen) atoms. The Bertz CT molecular complexity index is 1140. The Morgan fingerprint density at radius 3 is 2.29 bits per heavy atom. The smallest absolute Gasteiger partial charge is 0.299 e. The predicted molar refractivity (Wildman–Crippen MR) is 107 cm³/mol. The molecule has 0 saturated heterocycles. The molecule has 0 saturated carbocycles. The molecule has 0 fully saturated rings.